The van der Waals surface area contributed by atoms with Crippen molar-refractivity contribution in [2.24, 2.45) is 0 Å². The molecule has 3 radical (unpaired) electrons. The summed E-state index contributed by atoms with van der Waals surface area (Å²) >= 11 is 0. The van der Waals surface area contributed by atoms with Gasteiger partial charge in [-0.2, -0.15) is 8.42 Å². The fourth-order valence-electron chi connectivity index (χ4n) is 0.645. The van der Waals surface area contributed by atoms with Crippen LogP contribution in [0.25, 0.3) is 0 Å². The first-order chi connectivity index (χ1) is 6.12. The quantitative estimate of drug-likeness (QED) is 0.442. The maximum absolute atomic E-state index is 10.9. The molecule has 4 nitrogen and oxygen atoms in total. The molecule has 0 aliphatic rings. The molecule has 0 aliphatic heterocycles. The van der Waals surface area contributed by atoms with Crippen LogP contribution in [0.15, 0.2) is 0 Å². The first kappa shape index (κ1) is 17.2. The van der Waals surface area contributed by atoms with Gasteiger partial charge in [-0.15, -0.1) is 0 Å². The smallest absolute Gasteiger partial charge is 0.248 e. The summed E-state index contributed by atoms with van der Waals surface area (Å²) in [7, 11) is -3.73. The average Bonchev–Trinajstić information content (AvgIpc) is 2.05. The molecule has 6 heteroatoms. The Bertz CT molecular complexity index is 187. The summed E-state index contributed by atoms with van der Waals surface area (Å²) in [5.41, 5.74) is 0. The zero-order valence-corrected chi connectivity index (χ0v) is 13.0. The van der Waals surface area contributed by atoms with Gasteiger partial charge in [0.05, 0.1) is 13.2 Å². The van der Waals surface area contributed by atoms with E-state index in [1.165, 1.54) is 0 Å². The number of rotatable bonds is 8. The van der Waals surface area contributed by atoms with Gasteiger partial charge in [0.2, 0.25) is 0 Å². The first-order valence-electron chi connectivity index (χ1n) is 4.66. The van der Waals surface area contributed by atoms with Gasteiger partial charge in [-0.05, 0) is 12.8 Å². The van der Waals surface area contributed by atoms with Crippen molar-refractivity contribution in [1.29, 1.82) is 0 Å². The Hall–Kier alpha value is 0.753. The Labute approximate surface area is 106 Å². The Morgan fingerprint density at radius 1 is 0.929 bits per heavy atom. The number of unbranched alkanes of at least 4 members (excludes halogenated alkanes) is 2. The van der Waals surface area contributed by atoms with Gasteiger partial charge >= 0.3 is 10.4 Å². The van der Waals surface area contributed by atoms with Gasteiger partial charge in [-0.25, -0.2) is 8.37 Å². The summed E-state index contributed by atoms with van der Waals surface area (Å²) in [6.45, 7) is 4.36. The van der Waals surface area contributed by atoms with Gasteiger partial charge in [0.15, 0.2) is 0 Å². The van der Waals surface area contributed by atoms with E-state index in [9.17, 15) is 8.42 Å². The summed E-state index contributed by atoms with van der Waals surface area (Å²) in [6, 6.07) is 0. The summed E-state index contributed by atoms with van der Waals surface area (Å²) in [4.78, 5) is 0. The van der Waals surface area contributed by atoms with Crippen LogP contribution in [0.5, 0.6) is 0 Å². The van der Waals surface area contributed by atoms with Crippen molar-refractivity contribution in [2.75, 3.05) is 13.2 Å². The minimum absolute atomic E-state index is 0. The van der Waals surface area contributed by atoms with E-state index in [2.05, 4.69) is 8.37 Å². The Balaban J connectivity index is 0. The summed E-state index contributed by atoms with van der Waals surface area (Å²) < 4.78 is 31.0. The van der Waals surface area contributed by atoms with Crippen LogP contribution in [0, 0.1) is 0 Å². The maximum atomic E-state index is 10.9. The molecule has 0 saturated heterocycles. The van der Waals surface area contributed by atoms with Crippen LogP contribution in [-0.4, -0.2) is 47.8 Å². The van der Waals surface area contributed by atoms with Crippen molar-refractivity contribution in [3.63, 3.8) is 0 Å². The molecule has 85 valence electrons. The van der Waals surface area contributed by atoms with Crippen LogP contribution >= 0.6 is 0 Å². The predicted molar refractivity (Wildman–Crippen MR) is 56.4 cm³/mol. The Kier molecular flexibility index (Phi) is 12.6. The van der Waals surface area contributed by atoms with E-state index in [4.69, 9.17) is 0 Å². The van der Waals surface area contributed by atoms with Crippen molar-refractivity contribution < 1.29 is 16.8 Å². The first-order valence-corrected chi connectivity index (χ1v) is 5.99. The molecule has 0 aromatic carbocycles. The minimum atomic E-state index is -3.73. The molecule has 0 N–H and O–H groups in total. The fraction of sp³-hybridized carbons (Fsp3) is 1.00. The molecule has 0 rings (SSSR count). The molecule has 14 heavy (non-hydrogen) atoms. The second kappa shape index (κ2) is 10.3. The predicted octanol–water partition coefficient (Wildman–Crippen LogP) is 1.48. The monoisotopic (exact) mass is 419 g/mol. The van der Waals surface area contributed by atoms with E-state index >= 15 is 0 Å². The number of hydrogen-bond donors (Lipinski definition) is 0. The third-order valence-corrected chi connectivity index (χ3v) is 2.36. The van der Waals surface area contributed by atoms with Crippen molar-refractivity contribution in [3.8, 4) is 0 Å². The van der Waals surface area contributed by atoms with Crippen LogP contribution in [0.3, 0.4) is 0 Å². The molecule has 0 amide bonds. The zero-order valence-electron chi connectivity index (χ0n) is 8.73. The van der Waals surface area contributed by atoms with E-state index in [0.29, 0.717) is 0 Å². The van der Waals surface area contributed by atoms with E-state index in [1.807, 2.05) is 13.8 Å². The van der Waals surface area contributed by atoms with Crippen molar-refractivity contribution in [2.45, 2.75) is 39.5 Å². The molecule has 0 aromatic rings. The number of hydrogen-bond acceptors (Lipinski definition) is 4. The third kappa shape index (κ3) is 10.8. The van der Waals surface area contributed by atoms with Crippen LogP contribution in [0.2, 0.25) is 0 Å². The van der Waals surface area contributed by atoms with Gasteiger partial charge in [0.1, 0.15) is 0 Å². The standard InChI is InChI=1S/C8H18O4S.Bi/c1-3-5-7-11-13(9,10)12-8-6-4-2;/h3-8H2,1-2H3;. The van der Waals surface area contributed by atoms with E-state index < -0.39 is 10.4 Å². The molecule has 0 aliphatic carbocycles. The van der Waals surface area contributed by atoms with E-state index in [1.54, 1.807) is 0 Å². The second-order valence-electron chi connectivity index (χ2n) is 2.76. The SMILES string of the molecule is CCCCOS(=O)(=O)OCCCC.[Bi]. The van der Waals surface area contributed by atoms with Gasteiger partial charge in [0.25, 0.3) is 0 Å². The molecule has 0 fully saturated rings. The molecule has 0 spiro atoms. The molecule has 0 atom stereocenters. The van der Waals surface area contributed by atoms with Crippen molar-refractivity contribution in [1.82, 2.24) is 0 Å². The van der Waals surface area contributed by atoms with Crippen LogP contribution < -0.4 is 0 Å². The van der Waals surface area contributed by atoms with Gasteiger partial charge in [-0.1, -0.05) is 26.7 Å². The molecular formula is C8H18BiO4S. The summed E-state index contributed by atoms with van der Waals surface area (Å²) in [6.07, 6.45) is 3.28. The summed E-state index contributed by atoms with van der Waals surface area (Å²) in [5.74, 6) is 0. The molecule has 0 saturated carbocycles. The van der Waals surface area contributed by atoms with Gasteiger partial charge in [-0.3, -0.25) is 0 Å². The topological polar surface area (TPSA) is 52.6 Å². The van der Waals surface area contributed by atoms with Crippen molar-refractivity contribution >= 4 is 36.6 Å². The normalized spacial score (nSPS) is 11.0. The largest absolute Gasteiger partial charge is 0.399 e. The van der Waals surface area contributed by atoms with Crippen molar-refractivity contribution in [3.05, 3.63) is 0 Å². The molecule has 0 bridgehead atoms. The average molecular weight is 419 g/mol. The Morgan fingerprint density at radius 2 is 1.29 bits per heavy atom. The molecular weight excluding hydrogens is 401 g/mol. The maximum Gasteiger partial charge on any atom is 0.399 e. The zero-order chi connectivity index (χ0) is 10.2. The van der Waals surface area contributed by atoms with E-state index in [-0.39, 0.29) is 39.4 Å². The molecule has 0 heterocycles. The third-order valence-electron chi connectivity index (χ3n) is 1.45. The minimum Gasteiger partial charge on any atom is -0.248 e. The second-order valence-corrected chi connectivity index (χ2v) is 4.05. The Morgan fingerprint density at radius 3 is 1.57 bits per heavy atom. The van der Waals surface area contributed by atoms with Gasteiger partial charge < -0.3 is 0 Å². The van der Waals surface area contributed by atoms with E-state index in [0.717, 1.165) is 25.7 Å². The molecule has 0 unspecified atom stereocenters. The molecule has 0 aromatic heterocycles. The van der Waals surface area contributed by atoms with Crippen LogP contribution in [0.4, 0.5) is 0 Å². The van der Waals surface area contributed by atoms with Gasteiger partial charge in [0, 0.05) is 26.2 Å². The van der Waals surface area contributed by atoms with Crippen LogP contribution in [0.1, 0.15) is 39.5 Å². The van der Waals surface area contributed by atoms with Crippen LogP contribution in [-0.2, 0) is 18.8 Å². The summed E-state index contributed by atoms with van der Waals surface area (Å²) in [5, 5.41) is 0. The fourth-order valence-corrected chi connectivity index (χ4v) is 1.36.